The first-order valence-corrected chi connectivity index (χ1v) is 6.08. The van der Waals surface area contributed by atoms with Gasteiger partial charge in [-0.2, -0.15) is 0 Å². The molecule has 1 atom stereocenters. The van der Waals surface area contributed by atoms with Crippen LogP contribution in [0.1, 0.15) is 19.3 Å². The summed E-state index contributed by atoms with van der Waals surface area (Å²) in [5.74, 6) is 0. The summed E-state index contributed by atoms with van der Waals surface area (Å²) in [6.45, 7) is 2.25. The first-order chi connectivity index (χ1) is 6.86. The van der Waals surface area contributed by atoms with Crippen LogP contribution >= 0.6 is 11.3 Å². The van der Waals surface area contributed by atoms with E-state index < -0.39 is 0 Å². The lowest BCUT2D eigenvalue weighted by molar-refractivity contribution is 0.403. The summed E-state index contributed by atoms with van der Waals surface area (Å²) >= 11 is 1.71. The van der Waals surface area contributed by atoms with Crippen LogP contribution in [0.15, 0.2) is 11.6 Å². The summed E-state index contributed by atoms with van der Waals surface area (Å²) in [6, 6.07) is 0.651. The van der Waals surface area contributed by atoms with Gasteiger partial charge in [-0.05, 0) is 19.4 Å². The van der Waals surface area contributed by atoms with Crippen LogP contribution in [-0.4, -0.2) is 31.2 Å². The fourth-order valence-electron chi connectivity index (χ4n) is 1.89. The standard InChI is InChI=1S/C10H17N3S/c1-13(10-12-6-7-14-10)8-9-4-2-3-5-11-9/h6-7,9,11H,2-5,8H2,1H3. The van der Waals surface area contributed by atoms with Gasteiger partial charge in [0, 0.05) is 31.2 Å². The van der Waals surface area contributed by atoms with Crippen LogP contribution in [-0.2, 0) is 0 Å². The lowest BCUT2D eigenvalue weighted by Gasteiger charge is -2.27. The number of nitrogens with zero attached hydrogens (tertiary/aromatic N) is 2. The van der Waals surface area contributed by atoms with Crippen LogP contribution in [0.5, 0.6) is 0 Å². The van der Waals surface area contributed by atoms with E-state index in [2.05, 4.69) is 22.2 Å². The molecule has 2 rings (SSSR count). The molecule has 0 aliphatic carbocycles. The Hall–Kier alpha value is -0.610. The Morgan fingerprint density at radius 1 is 1.64 bits per heavy atom. The van der Waals surface area contributed by atoms with E-state index in [0.717, 1.165) is 11.7 Å². The molecule has 2 heterocycles. The van der Waals surface area contributed by atoms with E-state index in [4.69, 9.17) is 0 Å². The van der Waals surface area contributed by atoms with Crippen molar-refractivity contribution in [1.29, 1.82) is 0 Å². The number of nitrogens with one attached hydrogen (secondary N) is 1. The number of hydrogen-bond donors (Lipinski definition) is 1. The SMILES string of the molecule is CN(CC1CCCCN1)c1nccs1. The van der Waals surface area contributed by atoms with Crippen molar-refractivity contribution in [2.75, 3.05) is 25.0 Å². The molecule has 14 heavy (non-hydrogen) atoms. The molecule has 1 fully saturated rings. The third kappa shape index (κ3) is 2.45. The van der Waals surface area contributed by atoms with Gasteiger partial charge in [0.05, 0.1) is 0 Å². The Bertz CT molecular complexity index is 254. The minimum absolute atomic E-state index is 0.651. The molecule has 0 aromatic carbocycles. The van der Waals surface area contributed by atoms with Crippen molar-refractivity contribution in [2.24, 2.45) is 0 Å². The molecule has 78 valence electrons. The number of piperidine rings is 1. The predicted octanol–water partition coefficient (Wildman–Crippen LogP) is 1.72. The molecule has 3 nitrogen and oxygen atoms in total. The third-order valence-electron chi connectivity index (χ3n) is 2.65. The van der Waals surface area contributed by atoms with Crippen molar-refractivity contribution >= 4 is 16.5 Å². The predicted molar refractivity (Wildman–Crippen MR) is 61.0 cm³/mol. The maximum absolute atomic E-state index is 4.30. The van der Waals surface area contributed by atoms with Gasteiger partial charge in [-0.25, -0.2) is 4.98 Å². The summed E-state index contributed by atoms with van der Waals surface area (Å²) in [5, 5.41) is 6.70. The van der Waals surface area contributed by atoms with Gasteiger partial charge in [0.1, 0.15) is 0 Å². The van der Waals surface area contributed by atoms with Crippen LogP contribution in [0.25, 0.3) is 0 Å². The van der Waals surface area contributed by atoms with E-state index >= 15 is 0 Å². The quantitative estimate of drug-likeness (QED) is 0.825. The van der Waals surface area contributed by atoms with E-state index in [1.807, 2.05) is 11.6 Å². The van der Waals surface area contributed by atoms with Gasteiger partial charge in [-0.15, -0.1) is 11.3 Å². The van der Waals surface area contributed by atoms with Gasteiger partial charge in [0.25, 0.3) is 0 Å². The fraction of sp³-hybridized carbons (Fsp3) is 0.700. The van der Waals surface area contributed by atoms with E-state index in [1.54, 1.807) is 11.3 Å². The molecule has 1 unspecified atom stereocenters. The van der Waals surface area contributed by atoms with Crippen molar-refractivity contribution in [3.8, 4) is 0 Å². The number of anilines is 1. The Kier molecular flexibility index (Phi) is 3.37. The fourth-order valence-corrected chi connectivity index (χ4v) is 2.51. The van der Waals surface area contributed by atoms with Crippen molar-refractivity contribution in [1.82, 2.24) is 10.3 Å². The molecule has 0 bridgehead atoms. The highest BCUT2D eigenvalue weighted by Gasteiger charge is 2.15. The Morgan fingerprint density at radius 2 is 2.57 bits per heavy atom. The van der Waals surface area contributed by atoms with Gasteiger partial charge >= 0.3 is 0 Å². The molecule has 1 saturated heterocycles. The summed E-state index contributed by atoms with van der Waals surface area (Å²) in [6.07, 6.45) is 5.86. The Morgan fingerprint density at radius 3 is 3.21 bits per heavy atom. The van der Waals surface area contributed by atoms with Crippen LogP contribution in [0.3, 0.4) is 0 Å². The molecule has 1 aliphatic heterocycles. The van der Waals surface area contributed by atoms with Gasteiger partial charge < -0.3 is 10.2 Å². The molecule has 1 aromatic heterocycles. The molecule has 1 aromatic rings. The number of likely N-dealkylation sites (N-methyl/N-ethyl adjacent to an activating group) is 1. The maximum atomic E-state index is 4.30. The number of aromatic nitrogens is 1. The summed E-state index contributed by atoms with van der Waals surface area (Å²) < 4.78 is 0. The van der Waals surface area contributed by atoms with E-state index in [1.165, 1.54) is 25.8 Å². The van der Waals surface area contributed by atoms with Crippen LogP contribution < -0.4 is 10.2 Å². The topological polar surface area (TPSA) is 28.2 Å². The monoisotopic (exact) mass is 211 g/mol. The average molecular weight is 211 g/mol. The molecule has 0 amide bonds. The zero-order chi connectivity index (χ0) is 9.80. The summed E-state index contributed by atoms with van der Waals surface area (Å²) in [7, 11) is 2.12. The van der Waals surface area contributed by atoms with E-state index in [0.29, 0.717) is 6.04 Å². The Balaban J connectivity index is 1.84. The van der Waals surface area contributed by atoms with Crippen LogP contribution in [0.2, 0.25) is 0 Å². The van der Waals surface area contributed by atoms with Gasteiger partial charge in [0.15, 0.2) is 5.13 Å². The highest BCUT2D eigenvalue weighted by Crippen LogP contribution is 2.17. The van der Waals surface area contributed by atoms with Gasteiger partial charge in [-0.1, -0.05) is 6.42 Å². The molecule has 1 aliphatic rings. The zero-order valence-corrected chi connectivity index (χ0v) is 9.39. The highest BCUT2D eigenvalue weighted by atomic mass is 32.1. The molecule has 0 radical (unpaired) electrons. The number of rotatable bonds is 3. The lowest BCUT2D eigenvalue weighted by Crippen LogP contribution is -2.42. The zero-order valence-electron chi connectivity index (χ0n) is 8.57. The minimum Gasteiger partial charge on any atom is -0.350 e. The van der Waals surface area contributed by atoms with Crippen LogP contribution in [0.4, 0.5) is 5.13 Å². The number of hydrogen-bond acceptors (Lipinski definition) is 4. The van der Waals surface area contributed by atoms with Crippen LogP contribution in [0, 0.1) is 0 Å². The molecule has 0 saturated carbocycles. The highest BCUT2D eigenvalue weighted by molar-refractivity contribution is 7.13. The van der Waals surface area contributed by atoms with E-state index in [9.17, 15) is 0 Å². The molecule has 0 spiro atoms. The Labute approximate surface area is 89.1 Å². The normalized spacial score (nSPS) is 22.2. The summed E-state index contributed by atoms with van der Waals surface area (Å²) in [5.41, 5.74) is 0. The molecule has 4 heteroatoms. The summed E-state index contributed by atoms with van der Waals surface area (Å²) in [4.78, 5) is 6.54. The minimum atomic E-state index is 0.651. The number of thiazole rings is 1. The maximum Gasteiger partial charge on any atom is 0.185 e. The lowest BCUT2D eigenvalue weighted by atomic mass is 10.1. The second-order valence-corrected chi connectivity index (χ2v) is 4.72. The van der Waals surface area contributed by atoms with E-state index in [-0.39, 0.29) is 0 Å². The second-order valence-electron chi connectivity index (χ2n) is 3.84. The second kappa shape index (κ2) is 4.75. The van der Waals surface area contributed by atoms with Gasteiger partial charge in [-0.3, -0.25) is 0 Å². The van der Waals surface area contributed by atoms with Crippen molar-refractivity contribution in [2.45, 2.75) is 25.3 Å². The first kappa shape index (κ1) is 9.93. The molecular formula is C10H17N3S. The first-order valence-electron chi connectivity index (χ1n) is 5.20. The van der Waals surface area contributed by atoms with Crippen molar-refractivity contribution in [3.63, 3.8) is 0 Å². The average Bonchev–Trinajstić information content (AvgIpc) is 2.72. The molecular weight excluding hydrogens is 194 g/mol. The largest absolute Gasteiger partial charge is 0.350 e. The third-order valence-corrected chi connectivity index (χ3v) is 3.54. The van der Waals surface area contributed by atoms with Crippen molar-refractivity contribution in [3.05, 3.63) is 11.6 Å². The smallest absolute Gasteiger partial charge is 0.185 e. The van der Waals surface area contributed by atoms with Crippen molar-refractivity contribution < 1.29 is 0 Å². The molecule has 1 N–H and O–H groups in total. The van der Waals surface area contributed by atoms with Gasteiger partial charge in [0.2, 0.25) is 0 Å².